The summed E-state index contributed by atoms with van der Waals surface area (Å²) in [5.74, 6) is 0.959. The third-order valence-corrected chi connectivity index (χ3v) is 4.00. The third kappa shape index (κ3) is 4.55. The van der Waals surface area contributed by atoms with Crippen molar-refractivity contribution in [2.24, 2.45) is 5.92 Å². The first-order valence-electron chi connectivity index (χ1n) is 7.04. The van der Waals surface area contributed by atoms with E-state index < -0.39 is 0 Å². The molecule has 0 aromatic carbocycles. The molecule has 15 heavy (non-hydrogen) atoms. The van der Waals surface area contributed by atoms with Gasteiger partial charge in [-0.25, -0.2) is 0 Å². The minimum Gasteiger partial charge on any atom is -0.311 e. The Morgan fingerprint density at radius 2 is 1.87 bits per heavy atom. The molecule has 0 aromatic rings. The van der Waals surface area contributed by atoms with Crippen LogP contribution in [-0.4, -0.2) is 12.1 Å². The third-order valence-electron chi connectivity index (χ3n) is 4.00. The van der Waals surface area contributed by atoms with Crippen LogP contribution in [0.25, 0.3) is 0 Å². The van der Waals surface area contributed by atoms with Crippen LogP contribution >= 0.6 is 0 Å². The monoisotopic (exact) mass is 211 g/mol. The zero-order valence-electron chi connectivity index (χ0n) is 10.9. The highest BCUT2D eigenvalue weighted by Gasteiger charge is 2.22. The van der Waals surface area contributed by atoms with Gasteiger partial charge in [-0.2, -0.15) is 0 Å². The van der Waals surface area contributed by atoms with Crippen LogP contribution in [0.2, 0.25) is 0 Å². The number of unbranched alkanes of at least 4 members (excludes halogenated alkanes) is 1. The maximum Gasteiger partial charge on any atom is 0.00695 e. The molecule has 0 amide bonds. The Hall–Kier alpha value is -0.0400. The molecule has 0 aliphatic heterocycles. The van der Waals surface area contributed by atoms with Crippen molar-refractivity contribution in [2.45, 2.75) is 84.2 Å². The Labute approximate surface area is 96.0 Å². The molecule has 0 saturated heterocycles. The highest BCUT2D eigenvalue weighted by molar-refractivity contribution is 4.80. The van der Waals surface area contributed by atoms with Gasteiger partial charge >= 0.3 is 0 Å². The van der Waals surface area contributed by atoms with E-state index in [2.05, 4.69) is 26.1 Å². The van der Waals surface area contributed by atoms with Crippen molar-refractivity contribution in [1.82, 2.24) is 5.32 Å². The van der Waals surface area contributed by atoms with Crippen LogP contribution in [0, 0.1) is 5.92 Å². The molecule has 1 heteroatoms. The first-order chi connectivity index (χ1) is 7.27. The average molecular weight is 211 g/mol. The molecule has 0 aromatic heterocycles. The molecule has 1 aliphatic carbocycles. The van der Waals surface area contributed by atoms with E-state index in [9.17, 15) is 0 Å². The largest absolute Gasteiger partial charge is 0.311 e. The van der Waals surface area contributed by atoms with Gasteiger partial charge in [0, 0.05) is 12.1 Å². The van der Waals surface area contributed by atoms with E-state index in [0.29, 0.717) is 0 Å². The van der Waals surface area contributed by atoms with E-state index in [1.54, 1.807) is 0 Å². The highest BCUT2D eigenvalue weighted by atomic mass is 14.9. The smallest absolute Gasteiger partial charge is 0.00695 e. The molecule has 1 fully saturated rings. The van der Waals surface area contributed by atoms with Gasteiger partial charge in [0.1, 0.15) is 0 Å². The van der Waals surface area contributed by atoms with Gasteiger partial charge in [0.25, 0.3) is 0 Å². The van der Waals surface area contributed by atoms with Gasteiger partial charge in [-0.1, -0.05) is 39.5 Å². The highest BCUT2D eigenvalue weighted by Crippen LogP contribution is 2.28. The molecule has 1 N–H and O–H groups in total. The van der Waals surface area contributed by atoms with Gasteiger partial charge in [-0.15, -0.1) is 0 Å². The predicted molar refractivity (Wildman–Crippen MR) is 68.2 cm³/mol. The summed E-state index contributed by atoms with van der Waals surface area (Å²) in [6.45, 7) is 6.99. The zero-order valence-corrected chi connectivity index (χ0v) is 10.9. The van der Waals surface area contributed by atoms with Crippen LogP contribution < -0.4 is 5.32 Å². The Balaban J connectivity index is 2.23. The van der Waals surface area contributed by atoms with Gasteiger partial charge in [0.2, 0.25) is 0 Å². The van der Waals surface area contributed by atoms with Crippen LogP contribution in [0.5, 0.6) is 0 Å². The Morgan fingerprint density at radius 3 is 2.40 bits per heavy atom. The van der Waals surface area contributed by atoms with Gasteiger partial charge < -0.3 is 5.32 Å². The molecule has 1 nitrogen and oxygen atoms in total. The van der Waals surface area contributed by atoms with E-state index in [0.717, 1.165) is 18.0 Å². The fourth-order valence-electron chi connectivity index (χ4n) is 2.82. The topological polar surface area (TPSA) is 12.0 Å². The normalized spacial score (nSPS) is 21.8. The lowest BCUT2D eigenvalue weighted by Gasteiger charge is -2.26. The molecule has 1 unspecified atom stereocenters. The average Bonchev–Trinajstić information content (AvgIpc) is 2.77. The van der Waals surface area contributed by atoms with Gasteiger partial charge in [0.15, 0.2) is 0 Å². The molecule has 90 valence electrons. The molecule has 0 spiro atoms. The summed E-state index contributed by atoms with van der Waals surface area (Å²) in [4.78, 5) is 0. The predicted octanol–water partition coefficient (Wildman–Crippen LogP) is 4.12. The minimum absolute atomic E-state index is 0.745. The van der Waals surface area contributed by atoms with E-state index in [1.807, 2.05) is 0 Å². The Bertz CT molecular complexity index is 149. The van der Waals surface area contributed by atoms with Crippen LogP contribution in [-0.2, 0) is 0 Å². The molecule has 1 rings (SSSR count). The molecule has 1 aliphatic rings. The number of hydrogen-bond donors (Lipinski definition) is 1. The molecular formula is C14H29N. The maximum absolute atomic E-state index is 3.84. The summed E-state index contributed by atoms with van der Waals surface area (Å²) in [6, 6.07) is 1.51. The maximum atomic E-state index is 3.84. The van der Waals surface area contributed by atoms with E-state index in [1.165, 1.54) is 51.4 Å². The van der Waals surface area contributed by atoms with Crippen LogP contribution in [0.3, 0.4) is 0 Å². The standard InChI is InChI=1S/C14H29N/c1-4-6-11-14(5-2)15-12(3)13-9-7-8-10-13/h12-15H,4-11H2,1-3H3/t12-,14?/m1/s1. The SMILES string of the molecule is CCCCC(CC)N[C@H](C)C1CCCC1. The Morgan fingerprint density at radius 1 is 1.20 bits per heavy atom. The second kappa shape index (κ2) is 7.27. The number of rotatable bonds is 7. The molecule has 2 atom stereocenters. The second-order valence-electron chi connectivity index (χ2n) is 5.25. The molecule has 1 saturated carbocycles. The summed E-state index contributed by atoms with van der Waals surface area (Å²) in [6.07, 6.45) is 11.2. The summed E-state index contributed by atoms with van der Waals surface area (Å²) >= 11 is 0. The zero-order chi connectivity index (χ0) is 11.1. The van der Waals surface area contributed by atoms with Crippen molar-refractivity contribution < 1.29 is 0 Å². The number of nitrogens with one attached hydrogen (secondary N) is 1. The van der Waals surface area contributed by atoms with Gasteiger partial charge in [-0.3, -0.25) is 0 Å². The Kier molecular flexibility index (Phi) is 6.31. The first-order valence-corrected chi connectivity index (χ1v) is 7.04. The first kappa shape index (κ1) is 13.0. The van der Waals surface area contributed by atoms with Crippen molar-refractivity contribution in [3.8, 4) is 0 Å². The lowest BCUT2D eigenvalue weighted by molar-refractivity contribution is 0.322. The lowest BCUT2D eigenvalue weighted by atomic mass is 9.97. The fraction of sp³-hybridized carbons (Fsp3) is 1.00. The molecular weight excluding hydrogens is 182 g/mol. The van der Waals surface area contributed by atoms with E-state index in [4.69, 9.17) is 0 Å². The fourth-order valence-corrected chi connectivity index (χ4v) is 2.82. The molecule has 0 bridgehead atoms. The number of hydrogen-bond acceptors (Lipinski definition) is 1. The van der Waals surface area contributed by atoms with E-state index in [-0.39, 0.29) is 0 Å². The van der Waals surface area contributed by atoms with Gasteiger partial charge in [-0.05, 0) is 38.5 Å². The van der Waals surface area contributed by atoms with Crippen molar-refractivity contribution >= 4 is 0 Å². The van der Waals surface area contributed by atoms with E-state index >= 15 is 0 Å². The summed E-state index contributed by atoms with van der Waals surface area (Å²) in [5, 5.41) is 3.84. The van der Waals surface area contributed by atoms with Crippen molar-refractivity contribution in [3.63, 3.8) is 0 Å². The quantitative estimate of drug-likeness (QED) is 0.668. The van der Waals surface area contributed by atoms with Crippen molar-refractivity contribution in [1.29, 1.82) is 0 Å². The lowest BCUT2D eigenvalue weighted by Crippen LogP contribution is -2.40. The molecule has 0 heterocycles. The van der Waals surface area contributed by atoms with Crippen LogP contribution in [0.15, 0.2) is 0 Å². The van der Waals surface area contributed by atoms with Crippen LogP contribution in [0.1, 0.15) is 72.1 Å². The second-order valence-corrected chi connectivity index (χ2v) is 5.25. The summed E-state index contributed by atoms with van der Waals surface area (Å²) < 4.78 is 0. The minimum atomic E-state index is 0.745. The van der Waals surface area contributed by atoms with Crippen molar-refractivity contribution in [3.05, 3.63) is 0 Å². The van der Waals surface area contributed by atoms with Crippen LogP contribution in [0.4, 0.5) is 0 Å². The summed E-state index contributed by atoms with van der Waals surface area (Å²) in [7, 11) is 0. The summed E-state index contributed by atoms with van der Waals surface area (Å²) in [5.41, 5.74) is 0. The van der Waals surface area contributed by atoms with Gasteiger partial charge in [0.05, 0.1) is 0 Å². The van der Waals surface area contributed by atoms with Crippen molar-refractivity contribution in [2.75, 3.05) is 0 Å². The molecule has 0 radical (unpaired) electrons.